The molecule has 2 aliphatic rings. The van der Waals surface area contributed by atoms with Gasteiger partial charge in [-0.2, -0.15) is 0 Å². The van der Waals surface area contributed by atoms with E-state index < -0.39 is 0 Å². The number of carbonyl (C=O) groups excluding carboxylic acids is 2. The third-order valence-electron chi connectivity index (χ3n) is 4.79. The summed E-state index contributed by atoms with van der Waals surface area (Å²) in [6, 6.07) is 7.85. The highest BCUT2D eigenvalue weighted by Crippen LogP contribution is 2.28. The van der Waals surface area contributed by atoms with Crippen LogP contribution in [-0.4, -0.2) is 56.1 Å². The van der Waals surface area contributed by atoms with Crippen molar-refractivity contribution in [3.8, 4) is 0 Å². The second-order valence-electron chi connectivity index (χ2n) is 6.43. The molecule has 2 heterocycles. The Bertz CT molecular complexity index is 641. The zero-order valence-corrected chi connectivity index (χ0v) is 14.4. The number of anilines is 2. The van der Waals surface area contributed by atoms with Gasteiger partial charge in [-0.3, -0.25) is 9.59 Å². The van der Waals surface area contributed by atoms with Crippen LogP contribution in [0.4, 0.5) is 11.4 Å². The van der Waals surface area contributed by atoms with E-state index in [1.807, 2.05) is 24.3 Å². The quantitative estimate of drug-likeness (QED) is 0.848. The van der Waals surface area contributed by atoms with Crippen molar-refractivity contribution in [1.82, 2.24) is 4.90 Å². The monoisotopic (exact) mass is 343 g/mol. The van der Waals surface area contributed by atoms with Gasteiger partial charge in [-0.1, -0.05) is 18.7 Å². The number of hydrogen-bond donors (Lipinski definition) is 1. The van der Waals surface area contributed by atoms with Crippen molar-refractivity contribution in [3.05, 3.63) is 36.9 Å². The molecule has 25 heavy (non-hydrogen) atoms. The lowest BCUT2D eigenvalue weighted by molar-refractivity contribution is -0.130. The lowest BCUT2D eigenvalue weighted by atomic mass is 9.97. The van der Waals surface area contributed by atoms with E-state index in [0.717, 1.165) is 37.3 Å². The molecule has 1 aromatic carbocycles. The molecule has 2 aliphatic heterocycles. The van der Waals surface area contributed by atoms with Gasteiger partial charge in [0.1, 0.15) is 0 Å². The molecule has 0 saturated carbocycles. The third kappa shape index (κ3) is 4.20. The summed E-state index contributed by atoms with van der Waals surface area (Å²) in [5.41, 5.74) is 1.84. The number of nitrogens with zero attached hydrogens (tertiary/aromatic N) is 2. The molecule has 0 unspecified atom stereocenters. The van der Waals surface area contributed by atoms with E-state index in [9.17, 15) is 9.59 Å². The van der Waals surface area contributed by atoms with Gasteiger partial charge in [0.25, 0.3) is 0 Å². The zero-order valence-electron chi connectivity index (χ0n) is 14.4. The molecule has 134 valence electrons. The van der Waals surface area contributed by atoms with E-state index in [1.165, 1.54) is 6.08 Å². The molecule has 2 amide bonds. The van der Waals surface area contributed by atoms with Crippen LogP contribution in [-0.2, 0) is 14.3 Å². The molecular weight excluding hydrogens is 318 g/mol. The highest BCUT2D eigenvalue weighted by atomic mass is 16.5. The number of benzene rings is 1. The Balaban J connectivity index is 1.68. The van der Waals surface area contributed by atoms with Gasteiger partial charge < -0.3 is 19.9 Å². The van der Waals surface area contributed by atoms with Gasteiger partial charge in [-0.05, 0) is 31.1 Å². The maximum Gasteiger partial charge on any atom is 0.245 e. The number of nitrogens with one attached hydrogen (secondary N) is 1. The van der Waals surface area contributed by atoms with Crippen LogP contribution in [0, 0.1) is 5.92 Å². The Morgan fingerprint density at radius 3 is 2.72 bits per heavy atom. The van der Waals surface area contributed by atoms with Gasteiger partial charge in [0.2, 0.25) is 11.8 Å². The molecule has 1 aromatic rings. The number of carbonyl (C=O) groups is 2. The van der Waals surface area contributed by atoms with E-state index in [-0.39, 0.29) is 17.7 Å². The topological polar surface area (TPSA) is 61.9 Å². The predicted molar refractivity (Wildman–Crippen MR) is 97.6 cm³/mol. The van der Waals surface area contributed by atoms with Gasteiger partial charge >= 0.3 is 0 Å². The number of hydrogen-bond acceptors (Lipinski definition) is 4. The molecule has 6 heteroatoms. The van der Waals surface area contributed by atoms with Crippen LogP contribution in [0.25, 0.3) is 0 Å². The predicted octanol–water partition coefficient (Wildman–Crippen LogP) is 1.89. The summed E-state index contributed by atoms with van der Waals surface area (Å²) in [7, 11) is 0. The molecule has 3 rings (SSSR count). The number of rotatable bonds is 4. The number of para-hydroxylation sites is 2. The normalized spacial score (nSPS) is 20.9. The first-order valence-electron chi connectivity index (χ1n) is 8.83. The van der Waals surface area contributed by atoms with Crippen molar-refractivity contribution >= 4 is 23.2 Å². The van der Waals surface area contributed by atoms with Crippen LogP contribution >= 0.6 is 0 Å². The Morgan fingerprint density at radius 1 is 1.20 bits per heavy atom. The fourth-order valence-electron chi connectivity index (χ4n) is 3.41. The summed E-state index contributed by atoms with van der Waals surface area (Å²) < 4.78 is 5.41. The molecule has 1 atom stereocenters. The molecule has 2 fully saturated rings. The summed E-state index contributed by atoms with van der Waals surface area (Å²) in [6.07, 6.45) is 2.95. The van der Waals surface area contributed by atoms with Crippen LogP contribution in [0.5, 0.6) is 0 Å². The Labute approximate surface area is 148 Å². The van der Waals surface area contributed by atoms with Crippen LogP contribution in [0.15, 0.2) is 36.9 Å². The van der Waals surface area contributed by atoms with Crippen molar-refractivity contribution in [3.63, 3.8) is 0 Å². The second-order valence-corrected chi connectivity index (χ2v) is 6.43. The first-order chi connectivity index (χ1) is 12.2. The minimum atomic E-state index is -0.185. The van der Waals surface area contributed by atoms with Gasteiger partial charge in [-0.25, -0.2) is 0 Å². The van der Waals surface area contributed by atoms with Crippen LogP contribution in [0.1, 0.15) is 12.8 Å². The first kappa shape index (κ1) is 17.5. The largest absolute Gasteiger partial charge is 0.378 e. The molecule has 6 nitrogen and oxygen atoms in total. The molecule has 2 saturated heterocycles. The van der Waals surface area contributed by atoms with E-state index in [4.69, 9.17) is 4.74 Å². The van der Waals surface area contributed by atoms with Crippen LogP contribution < -0.4 is 10.2 Å². The number of likely N-dealkylation sites (tertiary alicyclic amines) is 1. The fraction of sp³-hybridized carbons (Fsp3) is 0.474. The van der Waals surface area contributed by atoms with Gasteiger partial charge in [0, 0.05) is 26.2 Å². The molecular formula is C19H25N3O3. The van der Waals surface area contributed by atoms with Crippen molar-refractivity contribution in [2.24, 2.45) is 5.92 Å². The van der Waals surface area contributed by atoms with E-state index >= 15 is 0 Å². The van der Waals surface area contributed by atoms with Crippen molar-refractivity contribution in [1.29, 1.82) is 0 Å². The molecule has 0 spiro atoms. The summed E-state index contributed by atoms with van der Waals surface area (Å²) in [5, 5.41) is 3.07. The number of amides is 2. The lowest BCUT2D eigenvalue weighted by Crippen LogP contribution is -2.43. The van der Waals surface area contributed by atoms with E-state index in [2.05, 4.69) is 16.8 Å². The van der Waals surface area contributed by atoms with Crippen LogP contribution in [0.2, 0.25) is 0 Å². The fourth-order valence-corrected chi connectivity index (χ4v) is 3.41. The highest BCUT2D eigenvalue weighted by molar-refractivity contribution is 5.96. The maximum absolute atomic E-state index is 12.7. The van der Waals surface area contributed by atoms with Gasteiger partial charge in [0.05, 0.1) is 30.5 Å². The summed E-state index contributed by atoms with van der Waals surface area (Å²) in [4.78, 5) is 28.5. The lowest BCUT2D eigenvalue weighted by Gasteiger charge is -2.33. The van der Waals surface area contributed by atoms with Gasteiger partial charge in [0.15, 0.2) is 0 Å². The SMILES string of the molecule is C=CC(=O)N1CCC[C@H](C(=O)Nc2ccccc2N2CCOCC2)C1. The van der Waals surface area contributed by atoms with Crippen LogP contribution in [0.3, 0.4) is 0 Å². The molecule has 0 bridgehead atoms. The third-order valence-corrected chi connectivity index (χ3v) is 4.79. The minimum Gasteiger partial charge on any atom is -0.378 e. The maximum atomic E-state index is 12.7. The Morgan fingerprint density at radius 2 is 1.96 bits per heavy atom. The smallest absolute Gasteiger partial charge is 0.245 e. The molecule has 1 N–H and O–H groups in total. The van der Waals surface area contributed by atoms with Crippen molar-refractivity contribution in [2.75, 3.05) is 49.6 Å². The van der Waals surface area contributed by atoms with Gasteiger partial charge in [-0.15, -0.1) is 0 Å². The average Bonchev–Trinajstić information content (AvgIpc) is 2.68. The molecule has 0 radical (unpaired) electrons. The number of piperidine rings is 1. The summed E-state index contributed by atoms with van der Waals surface area (Å²) in [5.74, 6) is -0.316. The Kier molecular flexibility index (Phi) is 5.71. The Hall–Kier alpha value is -2.34. The molecule has 0 aliphatic carbocycles. The van der Waals surface area contributed by atoms with Crippen molar-refractivity contribution in [2.45, 2.75) is 12.8 Å². The second kappa shape index (κ2) is 8.16. The van der Waals surface area contributed by atoms with E-state index in [1.54, 1.807) is 4.90 Å². The highest BCUT2D eigenvalue weighted by Gasteiger charge is 2.28. The number of morpholine rings is 1. The first-order valence-corrected chi connectivity index (χ1v) is 8.83. The zero-order chi connectivity index (χ0) is 17.6. The van der Waals surface area contributed by atoms with Crippen molar-refractivity contribution < 1.29 is 14.3 Å². The number of ether oxygens (including phenoxy) is 1. The minimum absolute atomic E-state index is 0.0257. The van der Waals surface area contributed by atoms with E-state index in [0.29, 0.717) is 26.3 Å². The standard InChI is InChI=1S/C19H25N3O3/c1-2-18(23)22-9-5-6-15(14-22)19(24)20-16-7-3-4-8-17(16)21-10-12-25-13-11-21/h2-4,7-8,15H,1,5-6,9-14H2,(H,20,24)/t15-/m0/s1. The summed E-state index contributed by atoms with van der Waals surface area (Å²) in [6.45, 7) is 7.71. The summed E-state index contributed by atoms with van der Waals surface area (Å²) >= 11 is 0. The average molecular weight is 343 g/mol. The molecule has 0 aromatic heterocycles.